The number of halogens is 1. The predicted molar refractivity (Wildman–Crippen MR) is 82.1 cm³/mol. The zero-order valence-electron chi connectivity index (χ0n) is 11.4. The summed E-state index contributed by atoms with van der Waals surface area (Å²) in [6.07, 6.45) is -0.510. The lowest BCUT2D eigenvalue weighted by molar-refractivity contribution is 0.199. The minimum absolute atomic E-state index is 0.0410. The first-order chi connectivity index (χ1) is 9.40. The summed E-state index contributed by atoms with van der Waals surface area (Å²) in [5.74, 6) is 0. The number of aliphatic hydroxyl groups excluding tert-OH is 1. The Balaban J connectivity index is 2.34. The highest BCUT2D eigenvalue weighted by Gasteiger charge is 2.14. The van der Waals surface area contributed by atoms with Gasteiger partial charge in [-0.3, -0.25) is 4.57 Å². The zero-order chi connectivity index (χ0) is 14.9. The van der Waals surface area contributed by atoms with Crippen LogP contribution in [0.15, 0.2) is 37.5 Å². The van der Waals surface area contributed by atoms with Crippen molar-refractivity contribution < 1.29 is 5.11 Å². The molecule has 7 heteroatoms. The molecular formula is C13H16BrN3O2S. The molecule has 0 saturated carbocycles. The summed E-state index contributed by atoms with van der Waals surface area (Å²) in [5.41, 5.74) is 0.628. The Kier molecular flexibility index (Phi) is 4.72. The van der Waals surface area contributed by atoms with Crippen LogP contribution in [0.2, 0.25) is 0 Å². The topological polar surface area (TPSA) is 70.9 Å². The lowest BCUT2D eigenvalue weighted by Gasteiger charge is -2.11. The standard InChI is InChI=1S/C13H16BrN3O2S/c1-7(2)17-12(19)15-16-13(17)20-11-5-4-9(8(3)18)6-10(11)14/h4-8,18H,1-3H3,(H,15,19). The highest BCUT2D eigenvalue weighted by molar-refractivity contribution is 9.10. The van der Waals surface area contributed by atoms with Crippen molar-refractivity contribution in [3.8, 4) is 0 Å². The molecule has 0 radical (unpaired) electrons. The predicted octanol–water partition coefficient (Wildman–Crippen LogP) is 3.12. The second-order valence-electron chi connectivity index (χ2n) is 4.74. The molecule has 1 unspecified atom stereocenters. The number of hydrogen-bond acceptors (Lipinski definition) is 4. The molecule has 2 rings (SSSR count). The Morgan fingerprint density at radius 2 is 2.10 bits per heavy atom. The van der Waals surface area contributed by atoms with Crippen LogP contribution in [-0.2, 0) is 0 Å². The van der Waals surface area contributed by atoms with Crippen LogP contribution >= 0.6 is 27.7 Å². The first kappa shape index (κ1) is 15.3. The molecular weight excluding hydrogens is 342 g/mol. The van der Waals surface area contributed by atoms with Gasteiger partial charge in [0.1, 0.15) is 0 Å². The maximum Gasteiger partial charge on any atom is 0.344 e. The van der Waals surface area contributed by atoms with Crippen LogP contribution in [-0.4, -0.2) is 19.9 Å². The summed E-state index contributed by atoms with van der Waals surface area (Å²) >= 11 is 4.89. The van der Waals surface area contributed by atoms with E-state index >= 15 is 0 Å². The van der Waals surface area contributed by atoms with E-state index in [9.17, 15) is 9.90 Å². The van der Waals surface area contributed by atoms with Crippen LogP contribution in [0.4, 0.5) is 0 Å². The van der Waals surface area contributed by atoms with Crippen LogP contribution in [0.25, 0.3) is 0 Å². The summed E-state index contributed by atoms with van der Waals surface area (Å²) in [5, 5.41) is 16.7. The quantitative estimate of drug-likeness (QED) is 0.881. The summed E-state index contributed by atoms with van der Waals surface area (Å²) in [4.78, 5) is 12.6. The fourth-order valence-electron chi connectivity index (χ4n) is 1.78. The van der Waals surface area contributed by atoms with Crippen LogP contribution in [0.1, 0.15) is 38.5 Å². The van der Waals surface area contributed by atoms with Gasteiger partial charge in [0.2, 0.25) is 0 Å². The highest BCUT2D eigenvalue weighted by Crippen LogP contribution is 2.34. The number of aromatic nitrogens is 3. The number of hydrogen-bond donors (Lipinski definition) is 2. The van der Waals surface area contributed by atoms with Gasteiger partial charge in [0.15, 0.2) is 5.16 Å². The molecule has 0 aliphatic carbocycles. The van der Waals surface area contributed by atoms with E-state index in [-0.39, 0.29) is 11.7 Å². The lowest BCUT2D eigenvalue weighted by Crippen LogP contribution is -2.19. The van der Waals surface area contributed by atoms with E-state index < -0.39 is 6.10 Å². The van der Waals surface area contributed by atoms with E-state index in [1.54, 1.807) is 11.5 Å². The van der Waals surface area contributed by atoms with Crippen LogP contribution in [0.5, 0.6) is 0 Å². The average Bonchev–Trinajstić information content (AvgIpc) is 2.72. The van der Waals surface area contributed by atoms with Gasteiger partial charge >= 0.3 is 5.69 Å². The Hall–Kier alpha value is -1.05. The molecule has 1 aromatic carbocycles. The fraction of sp³-hybridized carbons (Fsp3) is 0.385. The van der Waals surface area contributed by atoms with E-state index in [0.717, 1.165) is 14.9 Å². The second kappa shape index (κ2) is 6.15. The third kappa shape index (κ3) is 3.16. The molecule has 1 atom stereocenters. The maximum atomic E-state index is 11.7. The van der Waals surface area contributed by atoms with Crippen molar-refractivity contribution in [1.29, 1.82) is 0 Å². The summed E-state index contributed by atoms with van der Waals surface area (Å²) in [6.45, 7) is 5.60. The van der Waals surface area contributed by atoms with Crippen molar-refractivity contribution in [2.75, 3.05) is 0 Å². The number of nitrogens with one attached hydrogen (secondary N) is 1. The van der Waals surface area contributed by atoms with Gasteiger partial charge in [-0.25, -0.2) is 9.89 Å². The third-order valence-electron chi connectivity index (χ3n) is 2.83. The molecule has 0 bridgehead atoms. The summed E-state index contributed by atoms with van der Waals surface area (Å²) < 4.78 is 2.48. The smallest absolute Gasteiger partial charge is 0.344 e. The first-order valence-electron chi connectivity index (χ1n) is 6.22. The SMILES string of the molecule is CC(O)c1ccc(Sc2n[nH]c(=O)n2C(C)C)c(Br)c1. The minimum atomic E-state index is -0.510. The zero-order valence-corrected chi connectivity index (χ0v) is 13.8. The normalized spacial score (nSPS) is 12.9. The Labute approximate surface area is 129 Å². The van der Waals surface area contributed by atoms with Gasteiger partial charge in [0.05, 0.1) is 6.10 Å². The number of aromatic amines is 1. The van der Waals surface area contributed by atoms with E-state index in [2.05, 4.69) is 26.1 Å². The van der Waals surface area contributed by atoms with Crippen molar-refractivity contribution in [1.82, 2.24) is 14.8 Å². The number of H-pyrrole nitrogens is 1. The second-order valence-corrected chi connectivity index (χ2v) is 6.61. The molecule has 0 fully saturated rings. The molecule has 108 valence electrons. The fourth-order valence-corrected chi connectivity index (χ4v) is 3.39. The molecule has 0 saturated heterocycles. The van der Waals surface area contributed by atoms with Crippen molar-refractivity contribution >= 4 is 27.7 Å². The summed E-state index contributed by atoms with van der Waals surface area (Å²) in [6, 6.07) is 5.68. The van der Waals surface area contributed by atoms with Crippen molar-refractivity contribution in [2.45, 2.75) is 43.0 Å². The molecule has 2 aromatic rings. The van der Waals surface area contributed by atoms with E-state index in [1.165, 1.54) is 11.8 Å². The first-order valence-corrected chi connectivity index (χ1v) is 7.83. The van der Waals surface area contributed by atoms with Gasteiger partial charge in [0.25, 0.3) is 0 Å². The van der Waals surface area contributed by atoms with Gasteiger partial charge < -0.3 is 5.11 Å². The maximum absolute atomic E-state index is 11.7. The average molecular weight is 358 g/mol. The molecule has 5 nitrogen and oxygen atoms in total. The molecule has 2 N–H and O–H groups in total. The Morgan fingerprint density at radius 1 is 1.40 bits per heavy atom. The molecule has 0 spiro atoms. The molecule has 1 heterocycles. The van der Waals surface area contributed by atoms with E-state index in [0.29, 0.717) is 5.16 Å². The van der Waals surface area contributed by atoms with Gasteiger partial charge in [-0.2, -0.15) is 0 Å². The molecule has 0 amide bonds. The monoisotopic (exact) mass is 357 g/mol. The number of rotatable bonds is 4. The third-order valence-corrected chi connectivity index (χ3v) is 4.79. The largest absolute Gasteiger partial charge is 0.389 e. The van der Waals surface area contributed by atoms with Gasteiger partial charge in [-0.05, 0) is 66.2 Å². The number of nitrogens with zero attached hydrogens (tertiary/aromatic N) is 2. The van der Waals surface area contributed by atoms with Gasteiger partial charge in [-0.15, -0.1) is 5.10 Å². The van der Waals surface area contributed by atoms with Crippen molar-refractivity contribution in [2.24, 2.45) is 0 Å². The van der Waals surface area contributed by atoms with Crippen LogP contribution in [0, 0.1) is 0 Å². The van der Waals surface area contributed by atoms with E-state index in [1.807, 2.05) is 32.0 Å². The number of aliphatic hydroxyl groups is 1. The molecule has 20 heavy (non-hydrogen) atoms. The molecule has 0 aliphatic rings. The number of benzene rings is 1. The van der Waals surface area contributed by atoms with Crippen LogP contribution < -0.4 is 5.69 Å². The highest BCUT2D eigenvalue weighted by atomic mass is 79.9. The van der Waals surface area contributed by atoms with Crippen molar-refractivity contribution in [3.05, 3.63) is 38.7 Å². The molecule has 1 aromatic heterocycles. The van der Waals surface area contributed by atoms with Gasteiger partial charge in [-0.1, -0.05) is 6.07 Å². The summed E-state index contributed by atoms with van der Waals surface area (Å²) in [7, 11) is 0. The van der Waals surface area contributed by atoms with Crippen LogP contribution in [0.3, 0.4) is 0 Å². The Bertz CT molecular complexity index is 664. The van der Waals surface area contributed by atoms with Crippen molar-refractivity contribution in [3.63, 3.8) is 0 Å². The minimum Gasteiger partial charge on any atom is -0.389 e. The lowest BCUT2D eigenvalue weighted by atomic mass is 10.1. The molecule has 0 aliphatic heterocycles. The van der Waals surface area contributed by atoms with Gasteiger partial charge in [0, 0.05) is 15.4 Å². The Morgan fingerprint density at radius 3 is 2.65 bits per heavy atom. The van der Waals surface area contributed by atoms with E-state index in [4.69, 9.17) is 0 Å².